The van der Waals surface area contributed by atoms with Gasteiger partial charge in [-0.25, -0.2) is 0 Å². The van der Waals surface area contributed by atoms with E-state index in [1.807, 2.05) is 43.3 Å². The van der Waals surface area contributed by atoms with E-state index in [-0.39, 0.29) is 0 Å². The summed E-state index contributed by atoms with van der Waals surface area (Å²) in [6.07, 6.45) is 0.730. The summed E-state index contributed by atoms with van der Waals surface area (Å²) in [5.74, 6) is 0. The lowest BCUT2D eigenvalue weighted by Crippen LogP contribution is -1.97. The second-order valence-corrected chi connectivity index (χ2v) is 3.43. The Morgan fingerprint density at radius 3 is 2.67 bits per heavy atom. The quantitative estimate of drug-likeness (QED) is 0.449. The van der Waals surface area contributed by atoms with E-state index in [1.165, 1.54) is 5.56 Å². The molecule has 0 amide bonds. The van der Waals surface area contributed by atoms with Gasteiger partial charge in [-0.2, -0.15) is 0 Å². The highest BCUT2D eigenvalue weighted by molar-refractivity contribution is 6.06. The van der Waals surface area contributed by atoms with Crippen LogP contribution < -0.4 is 0 Å². The van der Waals surface area contributed by atoms with Crippen molar-refractivity contribution in [2.45, 2.75) is 13.3 Å². The number of oxime groups is 1. The normalized spacial score (nSPS) is 11.9. The zero-order chi connectivity index (χ0) is 10.7. The van der Waals surface area contributed by atoms with Crippen LogP contribution in [0, 0.1) is 0 Å². The lowest BCUT2D eigenvalue weighted by atomic mass is 10.0. The number of fused-ring (bicyclic) bond motifs is 1. The lowest BCUT2D eigenvalue weighted by molar-refractivity contribution is 0.318. The van der Waals surface area contributed by atoms with Crippen molar-refractivity contribution in [3.05, 3.63) is 48.0 Å². The van der Waals surface area contributed by atoms with Crippen molar-refractivity contribution in [3.8, 4) is 11.1 Å². The van der Waals surface area contributed by atoms with Crippen LogP contribution >= 0.6 is 0 Å². The molecule has 0 bridgehead atoms. The Balaban J connectivity index is 2.58. The van der Waals surface area contributed by atoms with Gasteiger partial charge in [0.2, 0.25) is 0 Å². The van der Waals surface area contributed by atoms with E-state index in [4.69, 9.17) is 5.21 Å². The molecule has 0 spiro atoms. The van der Waals surface area contributed by atoms with E-state index in [2.05, 4.69) is 11.2 Å². The molecule has 0 heterocycles. The summed E-state index contributed by atoms with van der Waals surface area (Å²) >= 11 is 0. The maximum Gasteiger partial charge on any atom is 0.0871 e. The molecule has 0 aromatic carbocycles. The van der Waals surface area contributed by atoms with Crippen molar-refractivity contribution in [1.29, 1.82) is 0 Å². The molecule has 2 rings (SSSR count). The summed E-state index contributed by atoms with van der Waals surface area (Å²) in [6.45, 7) is 1.98. The highest BCUT2D eigenvalue weighted by Gasteiger charge is 2.11. The van der Waals surface area contributed by atoms with Crippen molar-refractivity contribution in [2.24, 2.45) is 5.16 Å². The zero-order valence-corrected chi connectivity index (χ0v) is 8.64. The monoisotopic (exact) mass is 199 g/mol. The topological polar surface area (TPSA) is 32.6 Å². The van der Waals surface area contributed by atoms with E-state index < -0.39 is 0 Å². The van der Waals surface area contributed by atoms with Gasteiger partial charge in [0, 0.05) is 5.56 Å². The third-order valence-electron chi connectivity index (χ3n) is 2.56. The number of nitrogens with zero attached hydrogens (tertiary/aromatic N) is 1. The molecule has 0 saturated heterocycles. The summed E-state index contributed by atoms with van der Waals surface area (Å²) in [6, 6.07) is 14.2. The molecule has 0 aromatic rings. The maximum atomic E-state index is 8.91. The van der Waals surface area contributed by atoms with Crippen molar-refractivity contribution in [1.82, 2.24) is 0 Å². The Bertz CT molecular complexity index is 462. The Morgan fingerprint density at radius 2 is 1.93 bits per heavy atom. The summed E-state index contributed by atoms with van der Waals surface area (Å²) in [5, 5.41) is 12.2. The summed E-state index contributed by atoms with van der Waals surface area (Å²) in [7, 11) is 0. The second-order valence-electron chi connectivity index (χ2n) is 3.43. The Kier molecular flexibility index (Phi) is 2.68. The van der Waals surface area contributed by atoms with E-state index in [0.717, 1.165) is 23.3 Å². The first-order valence-corrected chi connectivity index (χ1v) is 5.06. The van der Waals surface area contributed by atoms with Gasteiger partial charge >= 0.3 is 0 Å². The number of hydrogen-bond donors (Lipinski definition) is 1. The number of rotatable bonds is 2. The Hall–Kier alpha value is -1.83. The van der Waals surface area contributed by atoms with E-state index in [1.54, 1.807) is 0 Å². The summed E-state index contributed by atoms with van der Waals surface area (Å²) < 4.78 is 0. The van der Waals surface area contributed by atoms with Crippen molar-refractivity contribution in [3.63, 3.8) is 0 Å². The molecule has 2 aliphatic carbocycles. The van der Waals surface area contributed by atoms with Crippen LogP contribution in [-0.2, 0) is 0 Å². The van der Waals surface area contributed by atoms with Gasteiger partial charge in [-0.15, -0.1) is 0 Å². The fraction of sp³-hybridized carbons (Fsp3) is 0.154. The van der Waals surface area contributed by atoms with Gasteiger partial charge in [0.15, 0.2) is 0 Å². The maximum absolute atomic E-state index is 8.91. The molecule has 2 aliphatic rings. The third kappa shape index (κ3) is 1.71. The van der Waals surface area contributed by atoms with Crippen LogP contribution in [0.15, 0.2) is 47.6 Å². The second kappa shape index (κ2) is 4.13. The van der Waals surface area contributed by atoms with Crippen LogP contribution in [0.5, 0.6) is 0 Å². The predicted molar refractivity (Wildman–Crippen MR) is 61.7 cm³/mol. The standard InChI is InChI=1S/C13H13NO/c1-2-13(14-15)12-9-8-10-6-4-3-5-7-11(10)12/h3-9,15H,2H2,1H3. The predicted octanol–water partition coefficient (Wildman–Crippen LogP) is 3.38. The van der Waals surface area contributed by atoms with Crippen LogP contribution in [-0.4, -0.2) is 10.9 Å². The zero-order valence-electron chi connectivity index (χ0n) is 8.64. The largest absolute Gasteiger partial charge is 0.411 e. The molecular formula is C13H13NO. The minimum absolute atomic E-state index is 0.730. The average Bonchev–Trinajstić information content (AvgIpc) is 2.51. The first kappa shape index (κ1) is 9.71. The summed E-state index contributed by atoms with van der Waals surface area (Å²) in [5.41, 5.74) is 4.06. The van der Waals surface area contributed by atoms with Crippen LogP contribution in [0.25, 0.3) is 11.1 Å². The van der Waals surface area contributed by atoms with Gasteiger partial charge in [-0.3, -0.25) is 0 Å². The van der Waals surface area contributed by atoms with Crippen LogP contribution in [0.4, 0.5) is 0 Å². The molecule has 2 heteroatoms. The molecule has 0 atom stereocenters. The molecule has 15 heavy (non-hydrogen) atoms. The molecule has 0 saturated carbocycles. The minimum Gasteiger partial charge on any atom is -0.411 e. The van der Waals surface area contributed by atoms with Gasteiger partial charge in [0.25, 0.3) is 0 Å². The SMILES string of the molecule is CCC(=NO)c1ccc2cccccc1-2. The molecule has 1 N–H and O–H groups in total. The average molecular weight is 199 g/mol. The van der Waals surface area contributed by atoms with Crippen molar-refractivity contribution in [2.75, 3.05) is 0 Å². The lowest BCUT2D eigenvalue weighted by Gasteiger charge is -2.01. The molecule has 2 nitrogen and oxygen atoms in total. The molecule has 0 aliphatic heterocycles. The molecule has 0 radical (unpaired) electrons. The van der Waals surface area contributed by atoms with E-state index in [9.17, 15) is 0 Å². The highest BCUT2D eigenvalue weighted by atomic mass is 16.4. The minimum atomic E-state index is 0.730. The van der Waals surface area contributed by atoms with Gasteiger partial charge in [-0.05, 0) is 17.5 Å². The highest BCUT2D eigenvalue weighted by Crippen LogP contribution is 2.27. The van der Waals surface area contributed by atoms with Crippen LogP contribution in [0.3, 0.4) is 0 Å². The van der Waals surface area contributed by atoms with Crippen molar-refractivity contribution < 1.29 is 5.21 Å². The fourth-order valence-corrected chi connectivity index (χ4v) is 1.78. The molecule has 0 aromatic heterocycles. The first-order valence-electron chi connectivity index (χ1n) is 5.06. The molecule has 76 valence electrons. The molecule has 0 unspecified atom stereocenters. The Morgan fingerprint density at radius 1 is 1.13 bits per heavy atom. The summed E-state index contributed by atoms with van der Waals surface area (Å²) in [4.78, 5) is 0. The molecular weight excluding hydrogens is 186 g/mol. The first-order chi connectivity index (χ1) is 7.36. The number of hydrogen-bond acceptors (Lipinski definition) is 2. The van der Waals surface area contributed by atoms with Gasteiger partial charge in [-0.1, -0.05) is 54.5 Å². The van der Waals surface area contributed by atoms with E-state index >= 15 is 0 Å². The third-order valence-corrected chi connectivity index (χ3v) is 2.56. The van der Waals surface area contributed by atoms with Gasteiger partial charge in [0.1, 0.15) is 0 Å². The fourth-order valence-electron chi connectivity index (χ4n) is 1.78. The van der Waals surface area contributed by atoms with E-state index in [0.29, 0.717) is 0 Å². The smallest absolute Gasteiger partial charge is 0.0871 e. The van der Waals surface area contributed by atoms with Crippen molar-refractivity contribution >= 4 is 5.71 Å². The van der Waals surface area contributed by atoms with Gasteiger partial charge < -0.3 is 5.21 Å². The van der Waals surface area contributed by atoms with Crippen LogP contribution in [0.1, 0.15) is 18.9 Å². The Labute approximate surface area is 89.2 Å². The van der Waals surface area contributed by atoms with Gasteiger partial charge in [0.05, 0.1) is 5.71 Å². The van der Waals surface area contributed by atoms with Crippen LogP contribution in [0.2, 0.25) is 0 Å². The molecule has 0 fully saturated rings.